The molecule has 1 saturated carbocycles. The number of aromatic nitrogens is 2. The first-order chi connectivity index (χ1) is 9.78. The number of thioether (sulfide) groups is 1. The van der Waals surface area contributed by atoms with Crippen LogP contribution in [0.3, 0.4) is 0 Å². The van der Waals surface area contributed by atoms with Crippen molar-refractivity contribution in [3.05, 3.63) is 11.4 Å². The topological polar surface area (TPSA) is 49.8 Å². The molecule has 2 aliphatic rings. The molecule has 1 aromatic heterocycles. The van der Waals surface area contributed by atoms with Crippen LogP contribution in [0.2, 0.25) is 0 Å². The molecule has 110 valence electrons. The summed E-state index contributed by atoms with van der Waals surface area (Å²) in [5.74, 6) is 6.20. The van der Waals surface area contributed by atoms with Crippen LogP contribution in [0.4, 0.5) is 11.6 Å². The fraction of sp³-hybridized carbons (Fsp3) is 0.733. The lowest BCUT2D eigenvalue weighted by Crippen LogP contribution is -2.26. The smallest absolute Gasteiger partial charge is 0.136 e. The highest BCUT2D eigenvalue weighted by atomic mass is 32.2. The second-order valence-corrected chi connectivity index (χ2v) is 6.96. The van der Waals surface area contributed by atoms with Crippen molar-refractivity contribution >= 4 is 23.4 Å². The number of nitrogens with one attached hydrogen (secondary N) is 2. The molecule has 0 atom stereocenters. The van der Waals surface area contributed by atoms with Crippen LogP contribution in [0.1, 0.15) is 49.9 Å². The largest absolute Gasteiger partial charge is 0.370 e. The molecule has 2 heterocycles. The maximum absolute atomic E-state index is 4.80. The zero-order valence-electron chi connectivity index (χ0n) is 12.4. The minimum Gasteiger partial charge on any atom is -0.370 e. The van der Waals surface area contributed by atoms with E-state index in [1.807, 2.05) is 0 Å². The number of anilines is 2. The van der Waals surface area contributed by atoms with Gasteiger partial charge >= 0.3 is 0 Å². The van der Waals surface area contributed by atoms with E-state index in [-0.39, 0.29) is 0 Å². The monoisotopic (exact) mass is 292 g/mol. The first kappa shape index (κ1) is 14.0. The van der Waals surface area contributed by atoms with Crippen LogP contribution < -0.4 is 10.6 Å². The van der Waals surface area contributed by atoms with Crippen molar-refractivity contribution < 1.29 is 0 Å². The van der Waals surface area contributed by atoms with E-state index in [2.05, 4.69) is 36.2 Å². The van der Waals surface area contributed by atoms with E-state index >= 15 is 0 Å². The third kappa shape index (κ3) is 3.19. The van der Waals surface area contributed by atoms with E-state index in [0.29, 0.717) is 12.0 Å². The fourth-order valence-electron chi connectivity index (χ4n) is 2.57. The Morgan fingerprint density at radius 1 is 1.10 bits per heavy atom. The summed E-state index contributed by atoms with van der Waals surface area (Å²) in [7, 11) is 0. The van der Waals surface area contributed by atoms with Gasteiger partial charge in [0.2, 0.25) is 0 Å². The Hall–Kier alpha value is -0.970. The molecule has 3 rings (SSSR count). The van der Waals surface area contributed by atoms with Gasteiger partial charge < -0.3 is 10.6 Å². The number of hydrogen-bond donors (Lipinski definition) is 2. The standard InChI is InChI=1S/C15H24N4S/c1-3-16-13-10(2)14(17-12-6-8-20-9-7-12)19-15(18-13)11-4-5-11/h11-12H,3-9H2,1-2H3,(H2,16,17,18,19). The minimum atomic E-state index is 0.575. The molecule has 0 spiro atoms. The summed E-state index contributed by atoms with van der Waals surface area (Å²) in [5, 5.41) is 7.05. The third-order valence-electron chi connectivity index (χ3n) is 4.01. The highest BCUT2D eigenvalue weighted by molar-refractivity contribution is 7.99. The first-order valence-electron chi connectivity index (χ1n) is 7.74. The minimum absolute atomic E-state index is 0.575. The maximum atomic E-state index is 4.80. The van der Waals surface area contributed by atoms with Gasteiger partial charge in [0.05, 0.1) is 0 Å². The maximum Gasteiger partial charge on any atom is 0.136 e. The first-order valence-corrected chi connectivity index (χ1v) is 8.90. The SMILES string of the molecule is CCNc1nc(C2CC2)nc(NC2CCSCC2)c1C. The van der Waals surface area contributed by atoms with E-state index in [9.17, 15) is 0 Å². The molecule has 2 fully saturated rings. The van der Waals surface area contributed by atoms with Crippen LogP contribution in [-0.4, -0.2) is 34.1 Å². The van der Waals surface area contributed by atoms with Crippen LogP contribution in [0.5, 0.6) is 0 Å². The zero-order chi connectivity index (χ0) is 13.9. The Bertz CT molecular complexity index is 467. The summed E-state index contributed by atoms with van der Waals surface area (Å²) in [6.45, 7) is 5.14. The van der Waals surface area contributed by atoms with E-state index in [1.54, 1.807) is 0 Å². The lowest BCUT2D eigenvalue weighted by Gasteiger charge is -2.24. The van der Waals surface area contributed by atoms with Gasteiger partial charge in [-0.15, -0.1) is 0 Å². The number of hydrogen-bond acceptors (Lipinski definition) is 5. The summed E-state index contributed by atoms with van der Waals surface area (Å²) in [6, 6.07) is 0.575. The molecule has 1 aromatic rings. The van der Waals surface area contributed by atoms with Crippen molar-refractivity contribution in [2.24, 2.45) is 0 Å². The molecule has 0 unspecified atom stereocenters. The molecule has 0 radical (unpaired) electrons. The predicted octanol–water partition coefficient (Wildman–Crippen LogP) is 3.40. The van der Waals surface area contributed by atoms with E-state index in [1.165, 1.54) is 37.2 Å². The Kier molecular flexibility index (Phi) is 4.34. The molecule has 5 heteroatoms. The normalized spacial score (nSPS) is 19.9. The molecule has 1 aliphatic carbocycles. The Balaban J connectivity index is 1.82. The van der Waals surface area contributed by atoms with E-state index in [4.69, 9.17) is 9.97 Å². The van der Waals surface area contributed by atoms with Gasteiger partial charge in [-0.2, -0.15) is 11.8 Å². The summed E-state index contributed by atoms with van der Waals surface area (Å²) in [4.78, 5) is 9.51. The van der Waals surface area contributed by atoms with Gasteiger partial charge in [0, 0.05) is 24.1 Å². The van der Waals surface area contributed by atoms with E-state index < -0.39 is 0 Å². The second-order valence-electron chi connectivity index (χ2n) is 5.74. The van der Waals surface area contributed by atoms with Gasteiger partial charge in [-0.25, -0.2) is 9.97 Å². The molecular weight excluding hydrogens is 268 g/mol. The van der Waals surface area contributed by atoms with Crippen molar-refractivity contribution in [3.8, 4) is 0 Å². The molecule has 0 aromatic carbocycles. The van der Waals surface area contributed by atoms with Crippen molar-refractivity contribution in [3.63, 3.8) is 0 Å². The van der Waals surface area contributed by atoms with Crippen molar-refractivity contribution in [1.29, 1.82) is 0 Å². The van der Waals surface area contributed by atoms with Gasteiger partial charge in [0.1, 0.15) is 17.5 Å². The van der Waals surface area contributed by atoms with Gasteiger partial charge in [0.15, 0.2) is 0 Å². The molecule has 0 amide bonds. The average molecular weight is 292 g/mol. The van der Waals surface area contributed by atoms with Crippen LogP contribution in [0, 0.1) is 6.92 Å². The third-order valence-corrected chi connectivity index (χ3v) is 5.06. The number of nitrogens with zero attached hydrogens (tertiary/aromatic N) is 2. The number of rotatable bonds is 5. The summed E-state index contributed by atoms with van der Waals surface area (Å²) in [5.41, 5.74) is 1.16. The fourth-order valence-corrected chi connectivity index (χ4v) is 3.68. The molecule has 0 bridgehead atoms. The molecular formula is C15H24N4S. The van der Waals surface area contributed by atoms with Crippen LogP contribution in [0.25, 0.3) is 0 Å². The van der Waals surface area contributed by atoms with Gasteiger partial charge in [-0.05, 0) is 51.0 Å². The summed E-state index contributed by atoms with van der Waals surface area (Å²) in [6.07, 6.45) is 4.97. The summed E-state index contributed by atoms with van der Waals surface area (Å²) >= 11 is 2.06. The summed E-state index contributed by atoms with van der Waals surface area (Å²) < 4.78 is 0. The highest BCUT2D eigenvalue weighted by Crippen LogP contribution is 2.39. The van der Waals surface area contributed by atoms with Crippen LogP contribution in [-0.2, 0) is 0 Å². The quantitative estimate of drug-likeness (QED) is 0.871. The molecule has 20 heavy (non-hydrogen) atoms. The average Bonchev–Trinajstić information content (AvgIpc) is 3.29. The Morgan fingerprint density at radius 3 is 2.45 bits per heavy atom. The zero-order valence-corrected chi connectivity index (χ0v) is 13.2. The van der Waals surface area contributed by atoms with E-state index in [0.717, 1.165) is 29.6 Å². The molecule has 1 saturated heterocycles. The highest BCUT2D eigenvalue weighted by Gasteiger charge is 2.28. The van der Waals surface area contributed by atoms with Gasteiger partial charge in [0.25, 0.3) is 0 Å². The Morgan fingerprint density at radius 2 is 1.80 bits per heavy atom. The molecule has 1 aliphatic heterocycles. The second kappa shape index (κ2) is 6.20. The van der Waals surface area contributed by atoms with Crippen LogP contribution in [0.15, 0.2) is 0 Å². The van der Waals surface area contributed by atoms with Crippen molar-refractivity contribution in [2.75, 3.05) is 28.7 Å². The van der Waals surface area contributed by atoms with Crippen LogP contribution >= 0.6 is 11.8 Å². The molecule has 2 N–H and O–H groups in total. The lowest BCUT2D eigenvalue weighted by molar-refractivity contribution is 0.661. The van der Waals surface area contributed by atoms with Gasteiger partial charge in [-0.3, -0.25) is 0 Å². The molecule has 4 nitrogen and oxygen atoms in total. The lowest BCUT2D eigenvalue weighted by atomic mass is 10.1. The Labute approximate surface area is 125 Å². The predicted molar refractivity (Wildman–Crippen MR) is 86.9 cm³/mol. The van der Waals surface area contributed by atoms with Crippen molar-refractivity contribution in [2.45, 2.75) is 51.5 Å². The van der Waals surface area contributed by atoms with Gasteiger partial charge in [-0.1, -0.05) is 0 Å². The van der Waals surface area contributed by atoms with Crippen molar-refractivity contribution in [1.82, 2.24) is 9.97 Å².